The van der Waals surface area contributed by atoms with Crippen molar-refractivity contribution in [1.29, 1.82) is 0 Å². The number of carbonyl (C=O) groups excluding carboxylic acids is 2. The number of hydrogen-bond donors (Lipinski definition) is 2. The Balaban J connectivity index is 1.19. The van der Waals surface area contributed by atoms with Crippen molar-refractivity contribution in [1.82, 2.24) is 5.32 Å². The summed E-state index contributed by atoms with van der Waals surface area (Å²) in [5.41, 5.74) is 3.05. The minimum absolute atomic E-state index is 0.116. The van der Waals surface area contributed by atoms with E-state index in [4.69, 9.17) is 4.74 Å². The van der Waals surface area contributed by atoms with Gasteiger partial charge in [-0.2, -0.15) is 0 Å². The van der Waals surface area contributed by atoms with Crippen molar-refractivity contribution in [2.24, 2.45) is 0 Å². The number of thioether (sulfide) groups is 1. The minimum atomic E-state index is -0.407. The Morgan fingerprint density at radius 3 is 2.48 bits per heavy atom. The van der Waals surface area contributed by atoms with Crippen LogP contribution >= 0.6 is 11.8 Å². The van der Waals surface area contributed by atoms with Crippen LogP contribution in [0, 0.1) is 0 Å². The first kappa shape index (κ1) is 21.0. The third-order valence-corrected chi connectivity index (χ3v) is 6.26. The summed E-state index contributed by atoms with van der Waals surface area (Å²) in [6.45, 7) is 1.06. The molecule has 0 saturated heterocycles. The van der Waals surface area contributed by atoms with E-state index in [1.54, 1.807) is 0 Å². The monoisotopic (exact) mass is 432 g/mol. The van der Waals surface area contributed by atoms with Gasteiger partial charge >= 0.3 is 0 Å². The first-order valence-corrected chi connectivity index (χ1v) is 11.1. The lowest BCUT2D eigenvalue weighted by Crippen LogP contribution is -2.35. The molecule has 3 aromatic rings. The Labute approximate surface area is 186 Å². The first-order valence-electron chi connectivity index (χ1n) is 10.3. The van der Waals surface area contributed by atoms with Crippen LogP contribution in [0.1, 0.15) is 17.5 Å². The highest BCUT2D eigenvalue weighted by Gasteiger charge is 2.28. The number of benzene rings is 3. The Hall–Kier alpha value is -3.25. The summed E-state index contributed by atoms with van der Waals surface area (Å²) in [5.74, 6) is 0.581. The number of anilines is 1. The average Bonchev–Trinajstić information content (AvgIpc) is 2.80. The molecule has 2 amide bonds. The van der Waals surface area contributed by atoms with Gasteiger partial charge in [0.25, 0.3) is 0 Å². The smallest absolute Gasteiger partial charge is 0.238 e. The second-order valence-corrected chi connectivity index (χ2v) is 8.56. The van der Waals surface area contributed by atoms with E-state index in [1.807, 2.05) is 78.9 Å². The van der Waals surface area contributed by atoms with Crippen LogP contribution < -0.4 is 15.4 Å². The van der Waals surface area contributed by atoms with E-state index < -0.39 is 5.25 Å². The van der Waals surface area contributed by atoms with Gasteiger partial charge in [0.2, 0.25) is 11.8 Å². The van der Waals surface area contributed by atoms with Gasteiger partial charge in [0.05, 0.1) is 10.9 Å². The third kappa shape index (κ3) is 5.89. The predicted molar refractivity (Wildman–Crippen MR) is 123 cm³/mol. The quantitative estimate of drug-likeness (QED) is 0.553. The highest BCUT2D eigenvalue weighted by atomic mass is 32.2. The van der Waals surface area contributed by atoms with Crippen molar-refractivity contribution in [3.63, 3.8) is 0 Å². The van der Waals surface area contributed by atoms with Gasteiger partial charge in [-0.05, 0) is 41.8 Å². The molecule has 0 spiro atoms. The largest absolute Gasteiger partial charge is 0.489 e. The molecule has 0 fully saturated rings. The zero-order chi connectivity index (χ0) is 21.5. The standard InChI is InChI=1S/C25H24N2O3S/c28-24(16-23-25(29)27-21-8-4-5-9-22(21)31-23)26-15-14-18-10-12-20(13-11-18)30-17-19-6-2-1-3-7-19/h1-13,23H,14-17H2,(H,26,28)(H,27,29). The van der Waals surface area contributed by atoms with Gasteiger partial charge in [0.15, 0.2) is 0 Å². The fourth-order valence-electron chi connectivity index (χ4n) is 3.31. The summed E-state index contributed by atoms with van der Waals surface area (Å²) >= 11 is 1.44. The molecule has 0 aliphatic carbocycles. The van der Waals surface area contributed by atoms with Gasteiger partial charge in [0, 0.05) is 17.9 Å². The number of para-hydroxylation sites is 1. The maximum Gasteiger partial charge on any atom is 0.238 e. The topological polar surface area (TPSA) is 67.4 Å². The lowest BCUT2D eigenvalue weighted by Gasteiger charge is -2.23. The number of rotatable bonds is 8. The first-order chi connectivity index (χ1) is 15.2. The second-order valence-electron chi connectivity index (χ2n) is 7.31. The van der Waals surface area contributed by atoms with E-state index in [-0.39, 0.29) is 18.2 Å². The highest BCUT2D eigenvalue weighted by molar-refractivity contribution is 8.01. The number of carbonyl (C=O) groups is 2. The summed E-state index contributed by atoms with van der Waals surface area (Å²) in [6.07, 6.45) is 0.884. The fourth-order valence-corrected chi connectivity index (χ4v) is 4.42. The molecule has 1 aliphatic heterocycles. The van der Waals surface area contributed by atoms with Gasteiger partial charge in [0.1, 0.15) is 12.4 Å². The Morgan fingerprint density at radius 1 is 0.935 bits per heavy atom. The summed E-state index contributed by atoms with van der Waals surface area (Å²) < 4.78 is 5.80. The van der Waals surface area contributed by atoms with Crippen LogP contribution in [0.3, 0.4) is 0 Å². The zero-order valence-corrected chi connectivity index (χ0v) is 17.9. The maximum atomic E-state index is 12.3. The van der Waals surface area contributed by atoms with Crippen molar-refractivity contribution in [2.45, 2.75) is 29.6 Å². The molecule has 0 radical (unpaired) electrons. The summed E-state index contributed by atoms with van der Waals surface area (Å²) in [7, 11) is 0. The van der Waals surface area contributed by atoms with Crippen LogP contribution in [0.25, 0.3) is 0 Å². The van der Waals surface area contributed by atoms with Crippen LogP contribution in [-0.2, 0) is 22.6 Å². The van der Waals surface area contributed by atoms with E-state index in [2.05, 4.69) is 10.6 Å². The zero-order valence-electron chi connectivity index (χ0n) is 17.0. The van der Waals surface area contributed by atoms with Crippen LogP contribution in [0.4, 0.5) is 5.69 Å². The molecule has 1 atom stereocenters. The Morgan fingerprint density at radius 2 is 1.68 bits per heavy atom. The molecule has 1 aliphatic rings. The lowest BCUT2D eigenvalue weighted by molar-refractivity contribution is -0.124. The molecule has 4 rings (SSSR count). The molecule has 6 heteroatoms. The molecule has 3 aromatic carbocycles. The minimum Gasteiger partial charge on any atom is -0.489 e. The van der Waals surface area contributed by atoms with Gasteiger partial charge in [-0.15, -0.1) is 11.8 Å². The molecule has 1 heterocycles. The lowest BCUT2D eigenvalue weighted by atomic mass is 10.1. The van der Waals surface area contributed by atoms with Gasteiger partial charge in [-0.3, -0.25) is 9.59 Å². The Bertz CT molecular complexity index is 1040. The Kier molecular flexibility index (Phi) is 6.89. The van der Waals surface area contributed by atoms with Crippen molar-refractivity contribution >= 4 is 29.3 Å². The third-order valence-electron chi connectivity index (χ3n) is 4.98. The molecule has 158 valence electrons. The molecule has 0 aromatic heterocycles. The molecule has 1 unspecified atom stereocenters. The van der Waals surface area contributed by atoms with Gasteiger partial charge in [-0.25, -0.2) is 0 Å². The van der Waals surface area contributed by atoms with Crippen LogP contribution in [0.5, 0.6) is 5.75 Å². The fraction of sp³-hybridized carbons (Fsp3) is 0.200. The van der Waals surface area contributed by atoms with E-state index in [9.17, 15) is 9.59 Å². The highest BCUT2D eigenvalue weighted by Crippen LogP contribution is 2.36. The van der Waals surface area contributed by atoms with E-state index in [1.165, 1.54) is 11.8 Å². The summed E-state index contributed by atoms with van der Waals surface area (Å²) in [4.78, 5) is 25.5. The molecule has 31 heavy (non-hydrogen) atoms. The average molecular weight is 433 g/mol. The number of ether oxygens (including phenoxy) is 1. The van der Waals surface area contributed by atoms with Crippen molar-refractivity contribution in [2.75, 3.05) is 11.9 Å². The predicted octanol–water partition coefficient (Wildman–Crippen LogP) is 4.43. The molecule has 2 N–H and O–H groups in total. The maximum absolute atomic E-state index is 12.3. The molecule has 5 nitrogen and oxygen atoms in total. The van der Waals surface area contributed by atoms with Crippen LogP contribution in [0.2, 0.25) is 0 Å². The van der Waals surface area contributed by atoms with Gasteiger partial charge in [-0.1, -0.05) is 54.6 Å². The van der Waals surface area contributed by atoms with E-state index in [0.717, 1.165) is 33.9 Å². The van der Waals surface area contributed by atoms with Crippen molar-refractivity contribution in [3.05, 3.63) is 90.0 Å². The summed E-state index contributed by atoms with van der Waals surface area (Å²) in [6, 6.07) is 25.6. The van der Waals surface area contributed by atoms with Gasteiger partial charge < -0.3 is 15.4 Å². The van der Waals surface area contributed by atoms with Crippen molar-refractivity contribution < 1.29 is 14.3 Å². The molecule has 0 saturated carbocycles. The van der Waals surface area contributed by atoms with E-state index in [0.29, 0.717) is 13.2 Å². The summed E-state index contributed by atoms with van der Waals surface area (Å²) in [5, 5.41) is 5.39. The molecular formula is C25H24N2O3S. The SMILES string of the molecule is O=C(CC1Sc2ccccc2NC1=O)NCCc1ccc(OCc2ccccc2)cc1. The van der Waals surface area contributed by atoms with E-state index >= 15 is 0 Å². The normalized spacial score (nSPS) is 15.0. The van der Waals surface area contributed by atoms with Crippen LogP contribution in [-0.4, -0.2) is 23.6 Å². The number of amides is 2. The number of fused-ring (bicyclic) bond motifs is 1. The second kappa shape index (κ2) is 10.2. The number of nitrogens with one attached hydrogen (secondary N) is 2. The van der Waals surface area contributed by atoms with Crippen molar-refractivity contribution in [3.8, 4) is 5.75 Å². The number of hydrogen-bond acceptors (Lipinski definition) is 4. The van der Waals surface area contributed by atoms with Crippen LogP contribution in [0.15, 0.2) is 83.8 Å². The molecule has 0 bridgehead atoms. The molecular weight excluding hydrogens is 408 g/mol.